The maximum atomic E-state index is 13.9. The molecule has 2 N–H and O–H groups in total. The van der Waals surface area contributed by atoms with E-state index >= 15 is 0 Å². The molecule has 3 aliphatic heterocycles. The summed E-state index contributed by atoms with van der Waals surface area (Å²) in [5.74, 6) is 1.51. The maximum Gasteiger partial charge on any atom is 0.586 e. The fourth-order valence-corrected chi connectivity index (χ4v) is 6.29. The van der Waals surface area contributed by atoms with Crippen molar-refractivity contribution in [1.82, 2.24) is 9.88 Å². The number of nitrogens with zero attached hydrogens (tertiary/aromatic N) is 2. The zero-order chi connectivity index (χ0) is 24.5. The number of nitrogens with one attached hydrogen (secondary N) is 1. The highest BCUT2D eigenvalue weighted by atomic mass is 32.1. The summed E-state index contributed by atoms with van der Waals surface area (Å²) in [5, 5.41) is 14.5. The van der Waals surface area contributed by atoms with Crippen LogP contribution in [0.4, 0.5) is 13.9 Å². The van der Waals surface area contributed by atoms with Crippen LogP contribution < -0.4 is 24.3 Å². The molecule has 0 radical (unpaired) electrons. The van der Waals surface area contributed by atoms with Gasteiger partial charge in [-0.15, -0.1) is 20.1 Å². The summed E-state index contributed by atoms with van der Waals surface area (Å²) in [6.07, 6.45) is 0.0958. The predicted octanol–water partition coefficient (Wildman–Crippen LogP) is 4.45. The summed E-state index contributed by atoms with van der Waals surface area (Å²) in [6, 6.07) is 10.5. The number of anilines is 1. The highest BCUT2D eigenvalue weighted by Gasteiger charge is 2.47. The van der Waals surface area contributed by atoms with Gasteiger partial charge in [0.15, 0.2) is 28.1 Å². The van der Waals surface area contributed by atoms with E-state index in [4.69, 9.17) is 18.9 Å². The molecule has 3 aromatic rings. The smallest absolute Gasteiger partial charge is 0.454 e. The number of ether oxygens (including phenoxy) is 4. The number of para-hydroxylation sites is 1. The Balaban J connectivity index is 1.21. The van der Waals surface area contributed by atoms with E-state index in [-0.39, 0.29) is 23.8 Å². The van der Waals surface area contributed by atoms with Crippen LogP contribution in [0.5, 0.6) is 23.0 Å². The number of halogens is 2. The Morgan fingerprint density at radius 1 is 1.11 bits per heavy atom. The average molecular weight is 516 g/mol. The van der Waals surface area contributed by atoms with Crippen LogP contribution in [0, 0.1) is 0 Å². The van der Waals surface area contributed by atoms with Crippen molar-refractivity contribution >= 4 is 16.5 Å². The van der Waals surface area contributed by atoms with Gasteiger partial charge in [0, 0.05) is 29.7 Å². The Morgan fingerprint density at radius 2 is 1.97 bits per heavy atom. The van der Waals surface area contributed by atoms with Crippen molar-refractivity contribution < 1.29 is 32.8 Å². The van der Waals surface area contributed by atoms with Gasteiger partial charge in [0.05, 0.1) is 17.7 Å². The quantitative estimate of drug-likeness (QED) is 0.498. The van der Waals surface area contributed by atoms with Gasteiger partial charge in [-0.25, -0.2) is 4.98 Å². The first-order valence-corrected chi connectivity index (χ1v) is 12.7. The van der Waals surface area contributed by atoms with Gasteiger partial charge in [-0.3, -0.25) is 4.90 Å². The van der Waals surface area contributed by atoms with Crippen molar-refractivity contribution in [3.63, 3.8) is 0 Å². The van der Waals surface area contributed by atoms with E-state index < -0.39 is 18.4 Å². The van der Waals surface area contributed by atoms with Gasteiger partial charge in [-0.1, -0.05) is 18.2 Å². The lowest BCUT2D eigenvalue weighted by atomic mass is 10.0. The van der Waals surface area contributed by atoms with Gasteiger partial charge in [-0.2, -0.15) is 0 Å². The van der Waals surface area contributed by atoms with E-state index in [0.29, 0.717) is 25.1 Å². The second kappa shape index (κ2) is 7.92. The topological polar surface area (TPSA) is 85.3 Å². The van der Waals surface area contributed by atoms with Crippen molar-refractivity contribution in [2.45, 2.75) is 43.2 Å². The van der Waals surface area contributed by atoms with E-state index in [9.17, 15) is 13.9 Å². The third-order valence-corrected chi connectivity index (χ3v) is 8.09. The van der Waals surface area contributed by atoms with E-state index in [0.717, 1.165) is 39.9 Å². The molecule has 2 aromatic carbocycles. The highest BCUT2D eigenvalue weighted by Crippen LogP contribution is 2.52. The van der Waals surface area contributed by atoms with Gasteiger partial charge in [-0.05, 0) is 43.0 Å². The number of aliphatic hydroxyl groups is 1. The zero-order valence-electron chi connectivity index (χ0n) is 19.1. The average Bonchev–Trinajstić information content (AvgIpc) is 3.26. The molecular formula is C25H23F2N3O5S. The van der Waals surface area contributed by atoms with Crippen LogP contribution in [-0.2, 0) is 5.54 Å². The number of fused-ring (bicyclic) bond motifs is 2. The van der Waals surface area contributed by atoms with Crippen LogP contribution in [0.25, 0.3) is 0 Å². The number of benzene rings is 2. The summed E-state index contributed by atoms with van der Waals surface area (Å²) < 4.78 is 48.4. The van der Waals surface area contributed by atoms with Crippen LogP contribution >= 0.6 is 11.3 Å². The second-order valence-electron chi connectivity index (χ2n) is 9.52. The Labute approximate surface area is 209 Å². The molecule has 2 atom stereocenters. The number of rotatable bonds is 6. The molecule has 8 nitrogen and oxygen atoms in total. The number of alkyl halides is 2. The fourth-order valence-electron chi connectivity index (χ4n) is 5.22. The minimum Gasteiger partial charge on any atom is -0.454 e. The lowest BCUT2D eigenvalue weighted by molar-refractivity contribution is -0.287. The minimum atomic E-state index is -3.71. The summed E-state index contributed by atoms with van der Waals surface area (Å²) >= 11 is 1.47. The molecule has 11 heteroatoms. The molecule has 2 fully saturated rings. The second-order valence-corrected chi connectivity index (χ2v) is 10.6. The molecule has 1 aliphatic carbocycles. The molecule has 1 aromatic heterocycles. The molecule has 1 saturated heterocycles. The first kappa shape index (κ1) is 22.1. The first-order valence-electron chi connectivity index (χ1n) is 11.8. The van der Waals surface area contributed by atoms with Crippen LogP contribution in [0.3, 0.4) is 0 Å². The number of likely N-dealkylation sites (tertiary alicyclic amines) is 1. The molecule has 188 valence electrons. The standard InChI is InChI=1S/C25H23F2N3O5S/c26-25(27)34-18-3-1-2-16(22(18)35-25)21(30-9-6-15(31)12-30)20-11-28-23(36-20)29-24(7-8-24)14-4-5-17-19(10-14)33-13-32-17/h1-5,10-11,15,21,31H,6-9,12-13H2,(H,28,29)/t15-,21?/m1/s1. The third kappa shape index (κ3) is 3.73. The minimum absolute atomic E-state index is 0.00449. The summed E-state index contributed by atoms with van der Waals surface area (Å²) in [5.41, 5.74) is 1.44. The van der Waals surface area contributed by atoms with E-state index in [2.05, 4.69) is 15.2 Å². The zero-order valence-corrected chi connectivity index (χ0v) is 19.9. The van der Waals surface area contributed by atoms with Gasteiger partial charge < -0.3 is 29.4 Å². The normalized spacial score (nSPS) is 23.6. The number of hydrogen-bond donors (Lipinski definition) is 2. The van der Waals surface area contributed by atoms with Crippen molar-refractivity contribution in [2.24, 2.45) is 0 Å². The molecule has 0 bridgehead atoms. The van der Waals surface area contributed by atoms with Crippen LogP contribution in [0.15, 0.2) is 42.6 Å². The van der Waals surface area contributed by atoms with Crippen LogP contribution in [-0.4, -0.2) is 47.3 Å². The Hall–Kier alpha value is -3.15. The lowest BCUT2D eigenvalue weighted by Gasteiger charge is -2.27. The van der Waals surface area contributed by atoms with Crippen LogP contribution in [0.2, 0.25) is 0 Å². The number of hydrogen-bond acceptors (Lipinski definition) is 9. The monoisotopic (exact) mass is 515 g/mol. The largest absolute Gasteiger partial charge is 0.586 e. The molecule has 0 spiro atoms. The Kier molecular flexibility index (Phi) is 4.86. The Bertz CT molecular complexity index is 1330. The molecule has 1 unspecified atom stereocenters. The summed E-state index contributed by atoms with van der Waals surface area (Å²) in [6.45, 7) is 1.27. The van der Waals surface area contributed by atoms with Gasteiger partial charge >= 0.3 is 6.29 Å². The lowest BCUT2D eigenvalue weighted by Crippen LogP contribution is -2.29. The highest BCUT2D eigenvalue weighted by molar-refractivity contribution is 7.15. The molecule has 4 aliphatic rings. The van der Waals surface area contributed by atoms with Gasteiger partial charge in [0.2, 0.25) is 6.79 Å². The van der Waals surface area contributed by atoms with Crippen molar-refractivity contribution in [3.8, 4) is 23.0 Å². The molecular weight excluding hydrogens is 492 g/mol. The fraction of sp³-hybridized carbons (Fsp3) is 0.400. The Morgan fingerprint density at radius 3 is 2.78 bits per heavy atom. The molecule has 4 heterocycles. The summed E-state index contributed by atoms with van der Waals surface area (Å²) in [7, 11) is 0. The molecule has 7 rings (SSSR count). The first-order chi connectivity index (χ1) is 17.4. The third-order valence-electron chi connectivity index (χ3n) is 7.13. The van der Waals surface area contributed by atoms with E-state index in [1.165, 1.54) is 17.4 Å². The summed E-state index contributed by atoms with van der Waals surface area (Å²) in [4.78, 5) is 7.57. The van der Waals surface area contributed by atoms with Crippen LogP contribution in [0.1, 0.15) is 41.3 Å². The van der Waals surface area contributed by atoms with Crippen molar-refractivity contribution in [3.05, 3.63) is 58.6 Å². The SMILES string of the molecule is O[C@@H]1CCN(C(c2cnc(NC3(c4ccc5c(c4)OCO5)CC3)s2)c2cccc3c2OC(F)(F)O3)C1. The van der Waals surface area contributed by atoms with Crippen molar-refractivity contribution in [2.75, 3.05) is 25.2 Å². The van der Waals surface area contributed by atoms with Gasteiger partial charge in [0.1, 0.15) is 0 Å². The van der Waals surface area contributed by atoms with Gasteiger partial charge in [0.25, 0.3) is 0 Å². The number of β-amino-alcohol motifs (C(OH)–C–C–N with tert-alkyl or cyclic N) is 1. The van der Waals surface area contributed by atoms with Crippen molar-refractivity contribution in [1.29, 1.82) is 0 Å². The predicted molar refractivity (Wildman–Crippen MR) is 126 cm³/mol. The number of aliphatic hydroxyl groups excluding tert-OH is 1. The number of thiazole rings is 1. The molecule has 1 saturated carbocycles. The molecule has 0 amide bonds. The van der Waals surface area contributed by atoms with E-state index in [1.807, 2.05) is 18.2 Å². The van der Waals surface area contributed by atoms with E-state index in [1.54, 1.807) is 18.3 Å². The maximum absolute atomic E-state index is 13.9. The molecule has 36 heavy (non-hydrogen) atoms. The number of aromatic nitrogens is 1.